The van der Waals surface area contributed by atoms with Gasteiger partial charge in [0.05, 0.1) is 12.7 Å². The van der Waals surface area contributed by atoms with Gasteiger partial charge in [-0.3, -0.25) is 0 Å². The highest BCUT2D eigenvalue weighted by molar-refractivity contribution is 7.80. The molecule has 2 heterocycles. The van der Waals surface area contributed by atoms with Gasteiger partial charge in [0.25, 0.3) is 0 Å². The van der Waals surface area contributed by atoms with E-state index >= 15 is 0 Å². The van der Waals surface area contributed by atoms with Crippen molar-refractivity contribution in [2.24, 2.45) is 0 Å². The van der Waals surface area contributed by atoms with Crippen LogP contribution in [0.4, 0.5) is 5.82 Å². The van der Waals surface area contributed by atoms with Crippen molar-refractivity contribution in [1.82, 2.24) is 15.3 Å². The van der Waals surface area contributed by atoms with Gasteiger partial charge in [-0.05, 0) is 48.6 Å². The van der Waals surface area contributed by atoms with Crippen molar-refractivity contribution in [3.8, 4) is 11.3 Å². The zero-order chi connectivity index (χ0) is 17.8. The molecule has 0 fully saturated rings. The van der Waals surface area contributed by atoms with E-state index in [-0.39, 0.29) is 10.3 Å². The number of furan rings is 1. The van der Waals surface area contributed by atoms with Crippen LogP contribution in [0.25, 0.3) is 11.3 Å². The van der Waals surface area contributed by atoms with Crippen LogP contribution in [-0.2, 0) is 6.54 Å². The fourth-order valence-electron chi connectivity index (χ4n) is 1.99. The molecule has 0 bridgehead atoms. The highest BCUT2D eigenvalue weighted by Crippen LogP contribution is 2.24. The Morgan fingerprint density at radius 1 is 1.08 bits per heavy atom. The molecule has 3 rings (SSSR count). The van der Waals surface area contributed by atoms with E-state index in [0.29, 0.717) is 22.5 Å². The summed E-state index contributed by atoms with van der Waals surface area (Å²) in [5.74, 6) is 1.80. The molecule has 2 N–H and O–H groups in total. The van der Waals surface area contributed by atoms with Crippen LogP contribution in [0.3, 0.4) is 0 Å². The second kappa shape index (κ2) is 8.01. The van der Waals surface area contributed by atoms with Gasteiger partial charge >= 0.3 is 0 Å². The van der Waals surface area contributed by atoms with Gasteiger partial charge < -0.3 is 15.1 Å². The second-order valence-electron chi connectivity index (χ2n) is 4.91. The third-order valence-corrected chi connectivity index (χ3v) is 4.09. The number of halogens is 3. The number of benzene rings is 1. The number of nitrogens with one attached hydrogen (secondary N) is 2. The molecule has 0 unspecified atom stereocenters. The van der Waals surface area contributed by atoms with E-state index in [9.17, 15) is 0 Å². The lowest BCUT2D eigenvalue weighted by molar-refractivity contribution is 0.516. The standard InChI is InChI=1S/C16H11Cl3N4OS/c17-10-3-1-9(2-4-10)12-6-5-11(24-12)7-21-16(25)23-15-14(19)22-13(18)8-20-15/h1-6,8H,7H2,(H2,20,21,23,25). The van der Waals surface area contributed by atoms with Crippen LogP contribution in [0, 0.1) is 0 Å². The Labute approximate surface area is 164 Å². The van der Waals surface area contributed by atoms with Gasteiger partial charge in [0.1, 0.15) is 16.7 Å². The maximum Gasteiger partial charge on any atom is 0.173 e. The molecule has 0 atom stereocenters. The maximum absolute atomic E-state index is 5.94. The van der Waals surface area contributed by atoms with Crippen molar-refractivity contribution >= 4 is 58.0 Å². The van der Waals surface area contributed by atoms with Gasteiger partial charge in [0, 0.05) is 10.6 Å². The Balaban J connectivity index is 1.58. The summed E-state index contributed by atoms with van der Waals surface area (Å²) in [7, 11) is 0. The van der Waals surface area contributed by atoms with E-state index in [2.05, 4.69) is 20.6 Å². The summed E-state index contributed by atoms with van der Waals surface area (Å²) in [6.07, 6.45) is 1.38. The lowest BCUT2D eigenvalue weighted by atomic mass is 10.2. The summed E-state index contributed by atoms with van der Waals surface area (Å²) in [6.45, 7) is 0.401. The number of hydrogen-bond donors (Lipinski definition) is 2. The van der Waals surface area contributed by atoms with Crippen molar-refractivity contribution in [3.05, 3.63) is 63.7 Å². The van der Waals surface area contributed by atoms with E-state index in [4.69, 9.17) is 51.4 Å². The summed E-state index contributed by atoms with van der Waals surface area (Å²) >= 11 is 22.7. The summed E-state index contributed by atoms with van der Waals surface area (Å²) < 4.78 is 5.79. The van der Waals surface area contributed by atoms with E-state index in [1.807, 2.05) is 36.4 Å². The molecular formula is C16H11Cl3N4OS. The third-order valence-electron chi connectivity index (χ3n) is 3.15. The predicted octanol–water partition coefficient (Wildman–Crippen LogP) is 5.18. The number of thiocarbonyl (C=S) groups is 1. The van der Waals surface area contributed by atoms with Crippen LogP contribution in [0.1, 0.15) is 5.76 Å². The summed E-state index contributed by atoms with van der Waals surface area (Å²) in [6, 6.07) is 11.2. The minimum Gasteiger partial charge on any atom is -0.459 e. The molecule has 2 aromatic heterocycles. The molecule has 0 amide bonds. The minimum atomic E-state index is 0.139. The van der Waals surface area contributed by atoms with E-state index in [1.54, 1.807) is 0 Å². The lowest BCUT2D eigenvalue weighted by Gasteiger charge is -2.09. The molecule has 1 aromatic carbocycles. The first-order valence-electron chi connectivity index (χ1n) is 7.09. The van der Waals surface area contributed by atoms with E-state index < -0.39 is 0 Å². The number of hydrogen-bond acceptors (Lipinski definition) is 4. The molecule has 25 heavy (non-hydrogen) atoms. The van der Waals surface area contributed by atoms with Gasteiger partial charge in [-0.25, -0.2) is 9.97 Å². The first-order chi connectivity index (χ1) is 12.0. The molecule has 128 valence electrons. The third kappa shape index (κ3) is 4.83. The van der Waals surface area contributed by atoms with Gasteiger partial charge in [-0.15, -0.1) is 0 Å². The Hall–Kier alpha value is -1.86. The van der Waals surface area contributed by atoms with Crippen LogP contribution in [-0.4, -0.2) is 15.1 Å². The summed E-state index contributed by atoms with van der Waals surface area (Å²) in [5, 5.41) is 7.22. The maximum atomic E-state index is 5.94. The fraction of sp³-hybridized carbons (Fsp3) is 0.0625. The molecule has 5 nitrogen and oxygen atoms in total. The van der Waals surface area contributed by atoms with Crippen LogP contribution in [0.15, 0.2) is 47.0 Å². The zero-order valence-electron chi connectivity index (χ0n) is 12.6. The SMILES string of the molecule is S=C(NCc1ccc(-c2ccc(Cl)cc2)o1)Nc1ncc(Cl)nc1Cl. The molecule has 0 spiro atoms. The molecule has 0 saturated heterocycles. The fourth-order valence-corrected chi connectivity index (χ4v) is 2.65. The van der Waals surface area contributed by atoms with Crippen molar-refractivity contribution in [1.29, 1.82) is 0 Å². The molecular weight excluding hydrogens is 403 g/mol. The van der Waals surface area contributed by atoms with Crippen molar-refractivity contribution < 1.29 is 4.42 Å². The monoisotopic (exact) mass is 412 g/mol. The smallest absolute Gasteiger partial charge is 0.173 e. The first-order valence-corrected chi connectivity index (χ1v) is 8.63. The molecule has 0 aliphatic heterocycles. The quantitative estimate of drug-likeness (QED) is 0.574. The largest absolute Gasteiger partial charge is 0.459 e. The Morgan fingerprint density at radius 3 is 2.56 bits per heavy atom. The van der Waals surface area contributed by atoms with Crippen LogP contribution < -0.4 is 10.6 Å². The van der Waals surface area contributed by atoms with Gasteiger partial charge in [-0.1, -0.05) is 34.8 Å². The Morgan fingerprint density at radius 2 is 1.84 bits per heavy atom. The zero-order valence-corrected chi connectivity index (χ0v) is 15.7. The lowest BCUT2D eigenvalue weighted by Crippen LogP contribution is -2.28. The van der Waals surface area contributed by atoms with Gasteiger partial charge in [0.15, 0.2) is 16.1 Å². The Bertz CT molecular complexity index is 899. The van der Waals surface area contributed by atoms with E-state index in [1.165, 1.54) is 6.20 Å². The topological polar surface area (TPSA) is 63.0 Å². The van der Waals surface area contributed by atoms with Crippen LogP contribution in [0.2, 0.25) is 15.3 Å². The molecule has 0 aliphatic rings. The van der Waals surface area contributed by atoms with Crippen molar-refractivity contribution in [3.63, 3.8) is 0 Å². The van der Waals surface area contributed by atoms with Gasteiger partial charge in [-0.2, -0.15) is 0 Å². The molecule has 0 aliphatic carbocycles. The van der Waals surface area contributed by atoms with Crippen LogP contribution in [0.5, 0.6) is 0 Å². The predicted molar refractivity (Wildman–Crippen MR) is 104 cm³/mol. The highest BCUT2D eigenvalue weighted by atomic mass is 35.5. The van der Waals surface area contributed by atoms with Crippen molar-refractivity contribution in [2.75, 3.05) is 5.32 Å². The number of aromatic nitrogens is 2. The second-order valence-corrected chi connectivity index (χ2v) is 6.50. The number of rotatable bonds is 4. The minimum absolute atomic E-state index is 0.139. The molecule has 3 aromatic rings. The van der Waals surface area contributed by atoms with E-state index in [0.717, 1.165) is 17.1 Å². The summed E-state index contributed by atoms with van der Waals surface area (Å²) in [4.78, 5) is 7.90. The first kappa shape index (κ1) is 17.9. The molecule has 0 saturated carbocycles. The van der Waals surface area contributed by atoms with Crippen LogP contribution >= 0.6 is 47.0 Å². The van der Waals surface area contributed by atoms with Crippen molar-refractivity contribution in [2.45, 2.75) is 6.54 Å². The average molecular weight is 414 g/mol. The number of nitrogens with zero attached hydrogens (tertiary/aromatic N) is 2. The molecule has 9 heteroatoms. The highest BCUT2D eigenvalue weighted by Gasteiger charge is 2.08. The van der Waals surface area contributed by atoms with Gasteiger partial charge in [0.2, 0.25) is 0 Å². The normalized spacial score (nSPS) is 10.5. The summed E-state index contributed by atoms with van der Waals surface area (Å²) in [5.41, 5.74) is 0.944. The Kier molecular flexibility index (Phi) is 5.75. The number of anilines is 1. The molecule has 0 radical (unpaired) electrons. The average Bonchev–Trinajstić information content (AvgIpc) is 3.05.